The van der Waals surface area contributed by atoms with Gasteiger partial charge in [0.2, 0.25) is 5.89 Å². The average molecular weight is 287 g/mol. The second-order valence-corrected chi connectivity index (χ2v) is 7.17. The van der Waals surface area contributed by atoms with E-state index in [2.05, 4.69) is 22.4 Å². The Balaban J connectivity index is 1.71. The van der Waals surface area contributed by atoms with Crippen molar-refractivity contribution in [1.29, 1.82) is 0 Å². The second kappa shape index (κ2) is 5.81. The molecule has 0 saturated carbocycles. The van der Waals surface area contributed by atoms with E-state index in [0.717, 1.165) is 24.7 Å². The number of hydrogen-bond acceptors (Lipinski definition) is 7. The Kier molecular flexibility index (Phi) is 4.13. The highest BCUT2D eigenvalue weighted by atomic mass is 32.2. The maximum absolute atomic E-state index is 5.41. The number of nitrogens with one attached hydrogen (secondary N) is 1. The largest absolute Gasteiger partial charge is 0.378 e. The first-order chi connectivity index (χ1) is 8.84. The summed E-state index contributed by atoms with van der Waals surface area (Å²) in [5.41, 5.74) is 0. The zero-order valence-electron chi connectivity index (χ0n) is 10.3. The fraction of sp³-hybridized carbons (Fsp3) is 0.818. The second-order valence-electron chi connectivity index (χ2n) is 4.44. The van der Waals surface area contributed by atoms with Crippen molar-refractivity contribution in [3.8, 4) is 0 Å². The number of hydrogen-bond donors (Lipinski definition) is 1. The Morgan fingerprint density at radius 2 is 2.22 bits per heavy atom. The molecule has 2 aliphatic rings. The standard InChI is InChI=1S/C11H17N3O2S2/c1-7-9(18-5-4-17-7)10-13-11(16-14-10)8-6-15-3-2-12-8/h7-9,12H,2-6H2,1H3. The molecule has 0 bridgehead atoms. The van der Waals surface area contributed by atoms with Crippen LogP contribution in [0.3, 0.4) is 0 Å². The number of morpholine rings is 1. The van der Waals surface area contributed by atoms with Crippen molar-refractivity contribution < 1.29 is 9.26 Å². The van der Waals surface area contributed by atoms with Crippen LogP contribution in [-0.2, 0) is 4.74 Å². The summed E-state index contributed by atoms with van der Waals surface area (Å²) in [6.07, 6.45) is 0. The molecule has 0 aliphatic carbocycles. The normalized spacial score (nSPS) is 33.5. The Morgan fingerprint density at radius 1 is 1.33 bits per heavy atom. The van der Waals surface area contributed by atoms with Crippen LogP contribution in [0.4, 0.5) is 0 Å². The molecule has 3 atom stereocenters. The lowest BCUT2D eigenvalue weighted by molar-refractivity contribution is 0.0659. The lowest BCUT2D eigenvalue weighted by Crippen LogP contribution is -2.34. The molecule has 0 amide bonds. The monoisotopic (exact) mass is 287 g/mol. The van der Waals surface area contributed by atoms with Crippen LogP contribution in [-0.4, -0.2) is 46.7 Å². The summed E-state index contributed by atoms with van der Waals surface area (Å²) in [6.45, 7) is 4.44. The zero-order valence-corrected chi connectivity index (χ0v) is 11.9. The average Bonchev–Trinajstić information content (AvgIpc) is 2.90. The van der Waals surface area contributed by atoms with Crippen molar-refractivity contribution in [2.24, 2.45) is 0 Å². The van der Waals surface area contributed by atoms with E-state index in [4.69, 9.17) is 9.26 Å². The fourth-order valence-electron chi connectivity index (χ4n) is 2.14. The van der Waals surface area contributed by atoms with Crippen LogP contribution >= 0.6 is 23.5 Å². The lowest BCUT2D eigenvalue weighted by atomic mass is 10.2. The molecule has 0 aromatic carbocycles. The number of ether oxygens (including phenoxy) is 1. The van der Waals surface area contributed by atoms with Gasteiger partial charge in [-0.25, -0.2) is 0 Å². The minimum absolute atomic E-state index is 0.0524. The van der Waals surface area contributed by atoms with Gasteiger partial charge in [-0.2, -0.15) is 16.7 Å². The Hall–Kier alpha value is -0.240. The highest BCUT2D eigenvalue weighted by Gasteiger charge is 2.30. The topological polar surface area (TPSA) is 60.2 Å². The van der Waals surface area contributed by atoms with E-state index in [1.54, 1.807) is 0 Å². The van der Waals surface area contributed by atoms with Crippen molar-refractivity contribution in [3.05, 3.63) is 11.7 Å². The molecule has 100 valence electrons. The van der Waals surface area contributed by atoms with Gasteiger partial charge >= 0.3 is 0 Å². The van der Waals surface area contributed by atoms with Crippen LogP contribution in [0.1, 0.15) is 29.9 Å². The van der Waals surface area contributed by atoms with Gasteiger partial charge in [-0.15, -0.1) is 11.8 Å². The van der Waals surface area contributed by atoms with Gasteiger partial charge in [-0.1, -0.05) is 12.1 Å². The van der Waals surface area contributed by atoms with Crippen LogP contribution in [0.25, 0.3) is 0 Å². The molecule has 2 aliphatic heterocycles. The van der Waals surface area contributed by atoms with Gasteiger partial charge in [0, 0.05) is 23.3 Å². The van der Waals surface area contributed by atoms with Gasteiger partial charge in [0.15, 0.2) is 5.82 Å². The van der Waals surface area contributed by atoms with E-state index in [0.29, 0.717) is 23.0 Å². The van der Waals surface area contributed by atoms with Crippen molar-refractivity contribution in [1.82, 2.24) is 15.5 Å². The minimum Gasteiger partial charge on any atom is -0.378 e. The Bertz CT molecular complexity index is 395. The van der Waals surface area contributed by atoms with Crippen molar-refractivity contribution in [2.45, 2.75) is 23.5 Å². The Labute approximate surface area is 115 Å². The van der Waals surface area contributed by atoms with Crippen LogP contribution in [0.15, 0.2) is 4.52 Å². The highest BCUT2D eigenvalue weighted by Crippen LogP contribution is 2.41. The molecule has 2 fully saturated rings. The predicted molar refractivity (Wildman–Crippen MR) is 73.0 cm³/mol. The van der Waals surface area contributed by atoms with Gasteiger partial charge in [0.05, 0.1) is 18.5 Å². The SMILES string of the molecule is CC1SCCSC1c1noc(C2COCCN2)n1. The summed E-state index contributed by atoms with van der Waals surface area (Å²) in [5.74, 6) is 3.87. The molecular formula is C11H17N3O2S2. The number of rotatable bonds is 2. The number of thioether (sulfide) groups is 2. The van der Waals surface area contributed by atoms with E-state index in [9.17, 15) is 0 Å². The maximum Gasteiger partial charge on any atom is 0.246 e. The summed E-state index contributed by atoms with van der Waals surface area (Å²) in [6, 6.07) is 0.0524. The summed E-state index contributed by atoms with van der Waals surface area (Å²) in [4.78, 5) is 4.55. The van der Waals surface area contributed by atoms with Crippen LogP contribution in [0.5, 0.6) is 0 Å². The molecule has 1 N–H and O–H groups in total. The van der Waals surface area contributed by atoms with Crippen LogP contribution < -0.4 is 5.32 Å². The summed E-state index contributed by atoms with van der Waals surface area (Å²) in [5, 5.41) is 8.38. The number of nitrogens with zero attached hydrogens (tertiary/aromatic N) is 2. The lowest BCUT2D eigenvalue weighted by Gasteiger charge is -2.25. The molecule has 7 heteroatoms. The first kappa shape index (κ1) is 12.8. The van der Waals surface area contributed by atoms with Gasteiger partial charge in [0.25, 0.3) is 0 Å². The van der Waals surface area contributed by atoms with E-state index in [-0.39, 0.29) is 6.04 Å². The van der Waals surface area contributed by atoms with Crippen molar-refractivity contribution in [3.63, 3.8) is 0 Å². The molecule has 18 heavy (non-hydrogen) atoms. The summed E-state index contributed by atoms with van der Waals surface area (Å²) in [7, 11) is 0. The number of aromatic nitrogens is 2. The first-order valence-corrected chi connectivity index (χ1v) is 8.32. The smallest absolute Gasteiger partial charge is 0.246 e. The van der Waals surface area contributed by atoms with E-state index < -0.39 is 0 Å². The molecule has 3 heterocycles. The van der Waals surface area contributed by atoms with Crippen LogP contribution in [0.2, 0.25) is 0 Å². The first-order valence-electron chi connectivity index (χ1n) is 6.22. The molecule has 1 aromatic rings. The van der Waals surface area contributed by atoms with Crippen molar-refractivity contribution >= 4 is 23.5 Å². The van der Waals surface area contributed by atoms with Gasteiger partial charge in [-0.3, -0.25) is 0 Å². The van der Waals surface area contributed by atoms with E-state index >= 15 is 0 Å². The molecule has 0 spiro atoms. The Morgan fingerprint density at radius 3 is 3.00 bits per heavy atom. The molecule has 2 saturated heterocycles. The van der Waals surface area contributed by atoms with Crippen LogP contribution in [0, 0.1) is 0 Å². The highest BCUT2D eigenvalue weighted by molar-refractivity contribution is 8.06. The zero-order chi connectivity index (χ0) is 12.4. The maximum atomic E-state index is 5.41. The van der Waals surface area contributed by atoms with E-state index in [1.165, 1.54) is 5.75 Å². The molecular weight excluding hydrogens is 270 g/mol. The predicted octanol–water partition coefficient (Wildman–Crippen LogP) is 1.64. The molecule has 5 nitrogen and oxygen atoms in total. The third-order valence-corrected chi connectivity index (χ3v) is 6.21. The summed E-state index contributed by atoms with van der Waals surface area (Å²) < 4.78 is 10.8. The molecule has 0 radical (unpaired) electrons. The van der Waals surface area contributed by atoms with Gasteiger partial charge in [0.1, 0.15) is 6.04 Å². The van der Waals surface area contributed by atoms with Gasteiger partial charge < -0.3 is 14.6 Å². The molecule has 1 aromatic heterocycles. The quantitative estimate of drug-likeness (QED) is 0.887. The van der Waals surface area contributed by atoms with Crippen molar-refractivity contribution in [2.75, 3.05) is 31.3 Å². The molecule has 3 rings (SSSR count). The van der Waals surface area contributed by atoms with E-state index in [1.807, 2.05) is 23.5 Å². The summed E-state index contributed by atoms with van der Waals surface area (Å²) >= 11 is 3.91. The third kappa shape index (κ3) is 2.68. The third-order valence-electron chi connectivity index (χ3n) is 3.12. The van der Waals surface area contributed by atoms with Gasteiger partial charge in [-0.05, 0) is 0 Å². The minimum atomic E-state index is 0.0524. The fourth-order valence-corrected chi connectivity index (χ4v) is 4.82. The molecule has 3 unspecified atom stereocenters.